The first-order valence-electron chi connectivity index (χ1n) is 6.67. The van der Waals surface area contributed by atoms with Gasteiger partial charge in [-0.2, -0.15) is 0 Å². The maximum Gasteiger partial charge on any atom is 0.133 e. The van der Waals surface area contributed by atoms with Gasteiger partial charge in [-0.05, 0) is 35.2 Å². The number of benzene rings is 2. The molecule has 0 radical (unpaired) electrons. The van der Waals surface area contributed by atoms with E-state index in [1.54, 1.807) is 0 Å². The van der Waals surface area contributed by atoms with Crippen LogP contribution in [-0.4, -0.2) is 0 Å². The Hall–Kier alpha value is -1.32. The first-order valence-corrected chi connectivity index (χ1v) is 7.47. The van der Waals surface area contributed by atoms with E-state index >= 15 is 0 Å². The third kappa shape index (κ3) is 3.41. The van der Waals surface area contributed by atoms with E-state index in [1.807, 2.05) is 30.3 Å². The minimum atomic E-state index is 0.150. The maximum atomic E-state index is 5.94. The van der Waals surface area contributed by atoms with Crippen LogP contribution in [0.2, 0.25) is 0 Å². The molecule has 0 heterocycles. The summed E-state index contributed by atoms with van der Waals surface area (Å²) >= 11 is 3.50. The molecule has 106 valence electrons. The number of hydrogen-bond donors (Lipinski definition) is 1. The molecule has 2 aromatic carbocycles. The highest BCUT2D eigenvalue weighted by atomic mass is 79.9. The average Bonchev–Trinajstić information content (AvgIpc) is 2.38. The average molecular weight is 334 g/mol. The van der Waals surface area contributed by atoms with Crippen molar-refractivity contribution in [2.45, 2.75) is 32.7 Å². The van der Waals surface area contributed by atoms with Gasteiger partial charge in [0.2, 0.25) is 0 Å². The van der Waals surface area contributed by atoms with Crippen molar-refractivity contribution in [3.8, 4) is 11.5 Å². The lowest BCUT2D eigenvalue weighted by molar-refractivity contribution is 0.475. The van der Waals surface area contributed by atoms with E-state index in [4.69, 9.17) is 10.5 Å². The second kappa shape index (κ2) is 5.98. The van der Waals surface area contributed by atoms with Crippen molar-refractivity contribution in [3.63, 3.8) is 0 Å². The summed E-state index contributed by atoms with van der Waals surface area (Å²) < 4.78 is 6.91. The molecule has 0 bridgehead atoms. The Kier molecular flexibility index (Phi) is 4.51. The monoisotopic (exact) mass is 333 g/mol. The van der Waals surface area contributed by atoms with Crippen LogP contribution in [0.5, 0.6) is 11.5 Å². The molecule has 0 saturated heterocycles. The Morgan fingerprint density at radius 3 is 2.25 bits per heavy atom. The van der Waals surface area contributed by atoms with Gasteiger partial charge in [0.05, 0.1) is 0 Å². The normalized spacial score (nSPS) is 11.4. The maximum absolute atomic E-state index is 5.94. The molecule has 2 aromatic rings. The van der Waals surface area contributed by atoms with Gasteiger partial charge in [-0.15, -0.1) is 0 Å². The quantitative estimate of drug-likeness (QED) is 0.857. The lowest BCUT2D eigenvalue weighted by atomic mass is 9.87. The summed E-state index contributed by atoms with van der Waals surface area (Å²) in [6.45, 7) is 7.04. The van der Waals surface area contributed by atoms with E-state index in [0.29, 0.717) is 6.54 Å². The van der Waals surface area contributed by atoms with E-state index in [1.165, 1.54) is 5.56 Å². The summed E-state index contributed by atoms with van der Waals surface area (Å²) in [6.07, 6.45) is 0. The van der Waals surface area contributed by atoms with E-state index in [9.17, 15) is 0 Å². The van der Waals surface area contributed by atoms with Gasteiger partial charge in [0.1, 0.15) is 11.5 Å². The topological polar surface area (TPSA) is 35.2 Å². The SMILES string of the molecule is CC(C)(C)c1ccc(Oc2cccc(Br)c2CN)cc1. The van der Waals surface area contributed by atoms with Crippen LogP contribution in [0.25, 0.3) is 0 Å². The van der Waals surface area contributed by atoms with Crippen LogP contribution in [-0.2, 0) is 12.0 Å². The minimum absolute atomic E-state index is 0.150. The Morgan fingerprint density at radius 2 is 1.70 bits per heavy atom. The van der Waals surface area contributed by atoms with Crippen LogP contribution in [0, 0.1) is 0 Å². The van der Waals surface area contributed by atoms with E-state index < -0.39 is 0 Å². The summed E-state index contributed by atoms with van der Waals surface area (Å²) in [7, 11) is 0. The standard InChI is InChI=1S/C17H20BrNO/c1-17(2,3)12-7-9-13(10-8-12)20-16-6-4-5-15(18)14(16)11-19/h4-10H,11,19H2,1-3H3. The predicted octanol–water partition coefficient (Wildman–Crippen LogP) is 5.00. The molecule has 20 heavy (non-hydrogen) atoms. The molecule has 0 spiro atoms. The number of ether oxygens (including phenoxy) is 1. The van der Waals surface area contributed by atoms with Gasteiger partial charge in [-0.3, -0.25) is 0 Å². The highest BCUT2D eigenvalue weighted by molar-refractivity contribution is 9.10. The van der Waals surface area contributed by atoms with Crippen LogP contribution in [0.3, 0.4) is 0 Å². The predicted molar refractivity (Wildman–Crippen MR) is 87.2 cm³/mol. The third-order valence-electron chi connectivity index (χ3n) is 3.23. The summed E-state index contributed by atoms with van der Waals surface area (Å²) in [6, 6.07) is 14.1. The zero-order chi connectivity index (χ0) is 14.8. The molecule has 0 atom stereocenters. The molecule has 0 aromatic heterocycles. The fourth-order valence-electron chi connectivity index (χ4n) is 1.98. The third-order valence-corrected chi connectivity index (χ3v) is 3.97. The fraction of sp³-hybridized carbons (Fsp3) is 0.294. The largest absolute Gasteiger partial charge is 0.457 e. The molecule has 2 nitrogen and oxygen atoms in total. The second-order valence-electron chi connectivity index (χ2n) is 5.80. The molecule has 0 saturated carbocycles. The van der Waals surface area contributed by atoms with Crippen molar-refractivity contribution < 1.29 is 4.74 Å². The Morgan fingerprint density at radius 1 is 1.05 bits per heavy atom. The smallest absolute Gasteiger partial charge is 0.133 e. The van der Waals surface area contributed by atoms with Crippen LogP contribution in [0.4, 0.5) is 0 Å². The first kappa shape index (κ1) is 15.1. The van der Waals surface area contributed by atoms with Crippen molar-refractivity contribution >= 4 is 15.9 Å². The Bertz CT molecular complexity index is 585. The number of halogens is 1. The van der Waals surface area contributed by atoms with Crippen molar-refractivity contribution in [2.75, 3.05) is 0 Å². The lowest BCUT2D eigenvalue weighted by Crippen LogP contribution is -2.10. The van der Waals surface area contributed by atoms with Crippen molar-refractivity contribution in [3.05, 3.63) is 58.1 Å². The molecule has 3 heteroatoms. The number of nitrogens with two attached hydrogens (primary N) is 1. The molecule has 2 N–H and O–H groups in total. The summed E-state index contributed by atoms with van der Waals surface area (Å²) in [5.41, 5.74) is 8.19. The Balaban J connectivity index is 2.25. The molecule has 0 amide bonds. The van der Waals surface area contributed by atoms with Crippen molar-refractivity contribution in [1.29, 1.82) is 0 Å². The van der Waals surface area contributed by atoms with E-state index in [2.05, 4.69) is 48.8 Å². The minimum Gasteiger partial charge on any atom is -0.457 e. The van der Waals surface area contributed by atoms with Crippen LogP contribution < -0.4 is 10.5 Å². The molecule has 0 unspecified atom stereocenters. The first-order chi connectivity index (χ1) is 9.41. The Labute approximate surface area is 129 Å². The van der Waals surface area contributed by atoms with Crippen LogP contribution in [0.15, 0.2) is 46.9 Å². The zero-order valence-electron chi connectivity index (χ0n) is 12.1. The summed E-state index contributed by atoms with van der Waals surface area (Å²) in [4.78, 5) is 0. The zero-order valence-corrected chi connectivity index (χ0v) is 13.7. The highest BCUT2D eigenvalue weighted by Crippen LogP contribution is 2.31. The van der Waals surface area contributed by atoms with Gasteiger partial charge in [0.15, 0.2) is 0 Å². The summed E-state index contributed by atoms with van der Waals surface area (Å²) in [5.74, 6) is 1.62. The molecule has 0 aliphatic heterocycles. The van der Waals surface area contributed by atoms with E-state index in [0.717, 1.165) is 21.5 Å². The molecule has 0 aliphatic rings. The molecule has 2 rings (SSSR count). The van der Waals surface area contributed by atoms with Gasteiger partial charge in [0.25, 0.3) is 0 Å². The number of rotatable bonds is 3. The van der Waals surface area contributed by atoms with Crippen molar-refractivity contribution in [2.24, 2.45) is 5.73 Å². The van der Waals surface area contributed by atoms with Crippen LogP contribution in [0.1, 0.15) is 31.9 Å². The number of hydrogen-bond acceptors (Lipinski definition) is 2. The summed E-state index contributed by atoms with van der Waals surface area (Å²) in [5, 5.41) is 0. The van der Waals surface area contributed by atoms with Gasteiger partial charge in [-0.25, -0.2) is 0 Å². The molecule has 0 aliphatic carbocycles. The fourth-order valence-corrected chi connectivity index (χ4v) is 2.49. The van der Waals surface area contributed by atoms with E-state index in [-0.39, 0.29) is 5.41 Å². The van der Waals surface area contributed by atoms with Crippen LogP contribution >= 0.6 is 15.9 Å². The highest BCUT2D eigenvalue weighted by Gasteiger charge is 2.13. The van der Waals surface area contributed by atoms with Gasteiger partial charge in [-0.1, -0.05) is 54.9 Å². The van der Waals surface area contributed by atoms with Gasteiger partial charge in [0, 0.05) is 16.6 Å². The molecule has 0 fully saturated rings. The van der Waals surface area contributed by atoms with Crippen molar-refractivity contribution in [1.82, 2.24) is 0 Å². The lowest BCUT2D eigenvalue weighted by Gasteiger charge is -2.19. The molecular weight excluding hydrogens is 314 g/mol. The van der Waals surface area contributed by atoms with Gasteiger partial charge < -0.3 is 10.5 Å². The van der Waals surface area contributed by atoms with Gasteiger partial charge >= 0.3 is 0 Å². The molecular formula is C17H20BrNO. The second-order valence-corrected chi connectivity index (χ2v) is 6.65.